The maximum absolute atomic E-state index is 14.0. The number of fused-ring (bicyclic) bond motifs is 4. The molecule has 6 aliphatic rings. The Balaban J connectivity index is 0.000000192. The average molecular weight is 1650 g/mol. The summed E-state index contributed by atoms with van der Waals surface area (Å²) in [4.78, 5) is 34.2. The van der Waals surface area contributed by atoms with Gasteiger partial charge in [0.15, 0.2) is 41.8 Å². The van der Waals surface area contributed by atoms with Crippen LogP contribution < -0.4 is 64.3 Å². The summed E-state index contributed by atoms with van der Waals surface area (Å²) in [6, 6.07) is 48.2. The molecule has 6 aliphatic heterocycles. The standard InChI is InChI=1S/C38H45N5O11S.C30H41N3O10S.C14H10N2O2/c1-25(2)20-43(55(46,47)29-12-13-33-34(19-29)52-24-51-33)21-32(44)31(42-38(45)54-35-22-50-36-30(35)14-16-49-36)18-26-8-10-27(11-9-26)48-17-15-40-37(41-23-39)53-28-6-4-3-5-7-28;1-19(2)15-33(44(36,37)22-7-8-26-27(14-22)42-18-41-26)16-25(34)24(13-20-3-5-21(6-4-20)38-12-10-31)32-30(35)43-28-17-40-29-23(28)9-11-39-29;15-11-16-14(17-12-7-3-1-4-8-12)18-13-9-5-2-6-10-13/h3-13,19,25,30-32,35-36,44H,14-18,20-22,24H2,1-2H3,(H,40,41)(H,42,45);3-8,14,19,23-25,28-29,34H,9-13,15-18,31H2,1-2H3,(H,32,35);1-10H/t30-,31-,32+,35-,36+;23-,24-,25+,28-,29+;/m00./s1. The predicted octanol–water partition coefficient (Wildman–Crippen LogP) is 8.25. The number of aliphatic imine (C=N–C) groups is 2. The van der Waals surface area contributed by atoms with Gasteiger partial charge in [0.25, 0.3) is 0 Å². The third-order valence-electron chi connectivity index (χ3n) is 18.8. The molecule has 35 heteroatoms. The number of aliphatic hydroxyl groups is 2. The van der Waals surface area contributed by atoms with Crippen LogP contribution in [0.2, 0.25) is 0 Å². The molecule has 117 heavy (non-hydrogen) atoms. The first-order chi connectivity index (χ1) is 56.6. The van der Waals surface area contributed by atoms with Crippen molar-refractivity contribution >= 4 is 44.3 Å². The van der Waals surface area contributed by atoms with E-state index in [0.29, 0.717) is 84.5 Å². The van der Waals surface area contributed by atoms with Gasteiger partial charge in [-0.05, 0) is 134 Å². The summed E-state index contributed by atoms with van der Waals surface area (Å²) >= 11 is 0. The molecule has 4 fully saturated rings. The second-order valence-corrected chi connectivity index (χ2v) is 32.2. The van der Waals surface area contributed by atoms with E-state index in [1.165, 1.54) is 38.9 Å². The third-order valence-corrected chi connectivity index (χ3v) is 22.5. The van der Waals surface area contributed by atoms with Crippen LogP contribution in [0.25, 0.3) is 0 Å². The van der Waals surface area contributed by atoms with Gasteiger partial charge < -0.3 is 97.6 Å². The van der Waals surface area contributed by atoms with Crippen LogP contribution in [0.1, 0.15) is 51.7 Å². The van der Waals surface area contributed by atoms with E-state index in [2.05, 4.69) is 25.9 Å². The highest BCUT2D eigenvalue weighted by atomic mass is 32.2. The number of carbonyl (C=O) groups is 2. The Bertz CT molecular complexity index is 4700. The molecule has 0 aromatic heterocycles. The monoisotopic (exact) mass is 1650 g/mol. The van der Waals surface area contributed by atoms with Gasteiger partial charge >= 0.3 is 24.3 Å². The van der Waals surface area contributed by atoms with Crippen LogP contribution in [-0.4, -0.2) is 202 Å². The Kier molecular flexibility index (Phi) is 31.7. The lowest BCUT2D eigenvalue weighted by molar-refractivity contribution is -0.0909. The van der Waals surface area contributed by atoms with Crippen molar-refractivity contribution in [1.82, 2.24) is 24.6 Å². The predicted molar refractivity (Wildman–Crippen MR) is 422 cm³/mol. The number of aliphatic hydroxyl groups excluding tert-OH is 2. The average Bonchev–Trinajstić information content (AvgIpc) is 1.71. The normalized spacial score (nSPS) is 19.2. The Morgan fingerprint density at radius 2 is 0.957 bits per heavy atom. The summed E-state index contributed by atoms with van der Waals surface area (Å²) in [5.41, 5.74) is 7.04. The number of nitriles is 2. The number of alkyl carbamates (subject to hydrolysis) is 2. The summed E-state index contributed by atoms with van der Waals surface area (Å²) in [5.74, 6) is 4.09. The molecule has 7 aromatic carbocycles. The van der Waals surface area contributed by atoms with Gasteiger partial charge in [0, 0.05) is 44.9 Å². The minimum Gasteiger partial charge on any atom is -0.492 e. The number of amides is 2. The van der Waals surface area contributed by atoms with Crippen LogP contribution in [0.4, 0.5) is 9.59 Å². The van der Waals surface area contributed by atoms with Crippen molar-refractivity contribution in [3.05, 3.63) is 187 Å². The van der Waals surface area contributed by atoms with Gasteiger partial charge in [0.05, 0.1) is 78.9 Å². The lowest BCUT2D eigenvalue weighted by Gasteiger charge is -2.31. The first-order valence-electron chi connectivity index (χ1n) is 38.2. The highest BCUT2D eigenvalue weighted by molar-refractivity contribution is 7.89. The molecule has 0 spiro atoms. The number of sulfonamides is 2. The molecular formula is C82H96N10O23S2. The Morgan fingerprint density at radius 1 is 0.538 bits per heavy atom. The quantitative estimate of drug-likeness (QED) is 0.00759. The molecule has 13 rings (SSSR count). The van der Waals surface area contributed by atoms with E-state index in [9.17, 15) is 36.6 Å². The number of carbonyl (C=O) groups excluding carboxylic acids is 2. The van der Waals surface area contributed by atoms with Gasteiger partial charge in [-0.2, -0.15) is 19.1 Å². The number of hydrogen-bond donors (Lipinski definition) is 6. The fourth-order valence-electron chi connectivity index (χ4n) is 13.2. The fraction of sp³-hybridized carbons (Fsp3) is 0.415. The van der Waals surface area contributed by atoms with E-state index in [1.807, 2.05) is 82.3 Å². The minimum absolute atomic E-state index is 0.00765. The zero-order valence-corrected chi connectivity index (χ0v) is 66.6. The molecule has 0 radical (unpaired) electrons. The van der Waals surface area contributed by atoms with Crippen molar-refractivity contribution in [2.75, 3.05) is 92.5 Å². The number of nitrogens with two attached hydrogens (primary N) is 1. The maximum Gasteiger partial charge on any atom is 0.410 e. The van der Waals surface area contributed by atoms with E-state index < -0.39 is 75.0 Å². The van der Waals surface area contributed by atoms with Gasteiger partial charge in [-0.1, -0.05) is 112 Å². The number of hydrogen-bond acceptors (Lipinski definition) is 28. The molecular weight excluding hydrogens is 1560 g/mol. The summed E-state index contributed by atoms with van der Waals surface area (Å²) in [6.45, 7) is 9.77. The summed E-state index contributed by atoms with van der Waals surface area (Å²) < 4.78 is 141. The zero-order valence-electron chi connectivity index (χ0n) is 64.9. The van der Waals surface area contributed by atoms with Crippen molar-refractivity contribution in [2.45, 2.75) is 112 Å². The van der Waals surface area contributed by atoms with Crippen LogP contribution in [0, 0.1) is 46.6 Å². The van der Waals surface area contributed by atoms with Crippen LogP contribution in [0.15, 0.2) is 196 Å². The molecule has 33 nitrogen and oxygen atoms in total. The number of nitrogens with one attached hydrogen (secondary N) is 3. The van der Waals surface area contributed by atoms with Crippen molar-refractivity contribution in [2.24, 2.45) is 39.4 Å². The zero-order chi connectivity index (χ0) is 82.7. The number of benzene rings is 7. The fourth-order valence-corrected chi connectivity index (χ4v) is 16.5. The molecule has 0 saturated carbocycles. The van der Waals surface area contributed by atoms with Gasteiger partial charge in [-0.25, -0.2) is 36.7 Å². The minimum atomic E-state index is -4.11. The first-order valence-corrected chi connectivity index (χ1v) is 41.0. The maximum atomic E-state index is 14.0. The number of nitrogens with zero attached hydrogens (tertiary/aromatic N) is 6. The molecule has 10 atom stereocenters. The smallest absolute Gasteiger partial charge is 0.410 e. The van der Waals surface area contributed by atoms with Gasteiger partial charge in [-0.3, -0.25) is 0 Å². The Morgan fingerprint density at radius 3 is 1.37 bits per heavy atom. The number of para-hydroxylation sites is 3. The lowest BCUT2D eigenvalue weighted by Crippen LogP contribution is -2.51. The van der Waals surface area contributed by atoms with Gasteiger partial charge in [-0.15, -0.1) is 0 Å². The largest absolute Gasteiger partial charge is 0.492 e. The van der Waals surface area contributed by atoms with E-state index in [0.717, 1.165) is 17.5 Å². The lowest BCUT2D eigenvalue weighted by atomic mass is 10.0. The van der Waals surface area contributed by atoms with Gasteiger partial charge in [0.1, 0.15) is 54.2 Å². The SMILES string of the molecule is CC(C)CN(C[C@@H](O)[C@H](Cc1ccc(OCCN)cc1)NC(=O)O[C@H]1CO[C@H]2OCC[C@H]21)S(=O)(=O)c1ccc2c(c1)OCO2.CC(C)CN(C[C@@H](O)[C@H](Cc1ccc(OCCN=C(NC#N)Oc2ccccc2)cc1)NC(=O)O[C@H]1CO[C@H]2OCC[C@H]21)S(=O)(=O)c1ccc2c(c1)OCO2.N#CN=C(Oc1ccccc1)Oc1ccccc1. The summed E-state index contributed by atoms with van der Waals surface area (Å²) in [7, 11) is -8.16. The molecule has 0 bridgehead atoms. The molecule has 0 unspecified atom stereocenters. The Hall–Kier alpha value is -11.1. The van der Waals surface area contributed by atoms with Crippen LogP contribution in [0.3, 0.4) is 0 Å². The highest BCUT2D eigenvalue weighted by Crippen LogP contribution is 2.38. The van der Waals surface area contributed by atoms with Crippen molar-refractivity contribution in [3.8, 4) is 64.1 Å². The second-order valence-electron chi connectivity index (χ2n) is 28.4. The molecule has 0 aliphatic carbocycles. The number of ether oxygens (including phenoxy) is 15. The molecule has 4 saturated heterocycles. The number of amidine groups is 1. The highest BCUT2D eigenvalue weighted by Gasteiger charge is 2.46. The molecule has 624 valence electrons. The van der Waals surface area contributed by atoms with Crippen LogP contribution >= 0.6 is 0 Å². The van der Waals surface area contributed by atoms with Crippen molar-refractivity contribution in [3.63, 3.8) is 0 Å². The Labute approximate surface area is 679 Å². The van der Waals surface area contributed by atoms with Crippen LogP contribution in [-0.2, 0) is 61.3 Å². The van der Waals surface area contributed by atoms with Gasteiger partial charge in [0.2, 0.25) is 39.8 Å². The number of rotatable bonds is 32. The first kappa shape index (κ1) is 86.8. The van der Waals surface area contributed by atoms with E-state index in [1.54, 1.807) is 103 Å². The third kappa shape index (κ3) is 25.2. The summed E-state index contributed by atoms with van der Waals surface area (Å²) in [5, 5.41) is 48.9. The van der Waals surface area contributed by atoms with E-state index in [4.69, 9.17) is 87.3 Å². The van der Waals surface area contributed by atoms with Crippen molar-refractivity contribution in [1.29, 1.82) is 10.5 Å². The van der Waals surface area contributed by atoms with Crippen molar-refractivity contribution < 1.29 is 108 Å². The molecule has 2 amide bonds. The topological polar surface area (TPSA) is 422 Å². The molecule has 7 aromatic rings. The molecule has 7 N–H and O–H groups in total. The van der Waals surface area contributed by atoms with E-state index in [-0.39, 0.29) is 131 Å². The summed E-state index contributed by atoms with van der Waals surface area (Å²) in [6.07, 6.45) is -0.852. The van der Waals surface area contributed by atoms with E-state index >= 15 is 0 Å². The van der Waals surface area contributed by atoms with Crippen LogP contribution in [0.5, 0.6) is 51.7 Å². The second kappa shape index (κ2) is 42.7. The molecule has 6 heterocycles.